The number of aromatic nitrogens is 19. The molecule has 0 unspecified atom stereocenters. The van der Waals surface area contributed by atoms with Crippen LogP contribution < -0.4 is 22.9 Å². The molecule has 0 spiro atoms. The lowest BCUT2D eigenvalue weighted by atomic mass is 10.1. The normalized spacial score (nSPS) is 10.9. The van der Waals surface area contributed by atoms with Crippen molar-refractivity contribution in [3.05, 3.63) is 187 Å². The van der Waals surface area contributed by atoms with Crippen LogP contribution in [0.5, 0.6) is 0 Å². The zero-order valence-corrected chi connectivity index (χ0v) is 51.0. The lowest BCUT2D eigenvalue weighted by Crippen LogP contribution is -2.12. The summed E-state index contributed by atoms with van der Waals surface area (Å²) in [4.78, 5) is 114. The van der Waals surface area contributed by atoms with E-state index in [0.717, 1.165) is 28.2 Å². The number of halogens is 1. The molecule has 0 amide bonds. The van der Waals surface area contributed by atoms with Crippen LogP contribution in [0.15, 0.2) is 171 Å². The lowest BCUT2D eigenvalue weighted by molar-refractivity contribution is 0.0586. The van der Waals surface area contributed by atoms with Gasteiger partial charge < -0.3 is 68.4 Å². The number of carbonyl (C=O) groups excluding carboxylic acids is 3. The highest BCUT2D eigenvalue weighted by molar-refractivity contribution is 7.07. The number of nitrogens with zero attached hydrogens (tertiary/aromatic N) is 19. The van der Waals surface area contributed by atoms with Crippen LogP contribution in [-0.2, 0) is 15.9 Å². The molecule has 0 aliphatic carbocycles. The molecule has 0 saturated heterocycles. The van der Waals surface area contributed by atoms with Gasteiger partial charge in [0.1, 0.15) is 64.8 Å². The Balaban J connectivity index is 0.000000124. The second-order valence-corrected chi connectivity index (χ2v) is 20.5. The van der Waals surface area contributed by atoms with Gasteiger partial charge in [-0.05, 0) is 42.8 Å². The average Bonchev–Trinajstić information content (AvgIpc) is 1.33. The number of Topliss-reactive ketones (excluding diaryl/α,β-unsaturated/α-hetero) is 1. The maximum atomic E-state index is 12.9. The third kappa shape index (κ3) is 13.3. The predicted molar refractivity (Wildman–Crippen MR) is 340 cm³/mol. The van der Waals surface area contributed by atoms with Crippen molar-refractivity contribution in [2.75, 3.05) is 37.2 Å². The highest BCUT2D eigenvalue weighted by Crippen LogP contribution is 2.34. The molecule has 9 N–H and O–H groups in total. The molecule has 15 aromatic rings. The molecule has 36 heteroatoms. The number of nitrogen functional groups attached to an aromatic ring is 4. The number of thiazole rings is 1. The number of ether oxygens (including phenoxy) is 2. The zero-order valence-electron chi connectivity index (χ0n) is 49.5. The minimum absolute atomic E-state index is 0.0398. The number of anilines is 4. The fraction of sp³-hybridized carbons (Fsp3) is 0.0667. The van der Waals surface area contributed by atoms with Crippen molar-refractivity contribution in [3.8, 4) is 80.1 Å². The van der Waals surface area contributed by atoms with Gasteiger partial charge in [-0.3, -0.25) is 4.79 Å². The number of nitrogens with two attached hydrogens (primary N) is 4. The van der Waals surface area contributed by atoms with Gasteiger partial charge in [-0.1, -0.05) is 11.6 Å². The number of methoxy groups -OCH3 is 2. The molecule has 0 radical (unpaired) electrons. The molecule has 0 saturated carbocycles. The van der Waals surface area contributed by atoms with Crippen LogP contribution in [0.3, 0.4) is 0 Å². The molecule has 96 heavy (non-hydrogen) atoms. The lowest BCUT2D eigenvalue weighted by Gasteiger charge is -2.11. The van der Waals surface area contributed by atoms with E-state index in [1.807, 2.05) is 57.0 Å². The number of imidazole rings is 3. The molecule has 15 rings (SSSR count). The van der Waals surface area contributed by atoms with Crippen molar-refractivity contribution in [3.63, 3.8) is 0 Å². The number of rotatable bonds is 14. The van der Waals surface area contributed by atoms with Gasteiger partial charge in [0, 0.05) is 84.3 Å². The zero-order chi connectivity index (χ0) is 67.0. The summed E-state index contributed by atoms with van der Waals surface area (Å²) in [6, 6.07) is 10.9. The monoisotopic (exact) mass is 1330 g/mol. The summed E-state index contributed by atoms with van der Waals surface area (Å²) >= 11 is 7.35. The Morgan fingerprint density at radius 1 is 0.469 bits per heavy atom. The summed E-state index contributed by atoms with van der Waals surface area (Å²) in [5.41, 5.74) is 32.1. The summed E-state index contributed by atoms with van der Waals surface area (Å²) in [7, 11) is 2.46. The van der Waals surface area contributed by atoms with Crippen LogP contribution >= 0.6 is 22.9 Å². The van der Waals surface area contributed by atoms with Crippen LogP contribution in [0, 0.1) is 0 Å². The summed E-state index contributed by atoms with van der Waals surface area (Å²) in [6.07, 6.45) is 28.1. The molecular formula is C60H44ClN23O11S. The van der Waals surface area contributed by atoms with Crippen molar-refractivity contribution in [2.24, 2.45) is 0 Å². The largest absolute Gasteiger partial charge is 0.476 e. The van der Waals surface area contributed by atoms with E-state index in [4.69, 9.17) is 56.9 Å². The Kier molecular flexibility index (Phi) is 17.9. The van der Waals surface area contributed by atoms with Crippen molar-refractivity contribution in [2.45, 2.75) is 12.8 Å². The van der Waals surface area contributed by atoms with Crippen LogP contribution in [0.1, 0.15) is 54.1 Å². The molecule has 0 aromatic carbocycles. The highest BCUT2D eigenvalue weighted by atomic mass is 35.5. The van der Waals surface area contributed by atoms with E-state index in [-0.39, 0.29) is 98.4 Å². The van der Waals surface area contributed by atoms with E-state index < -0.39 is 17.9 Å². The van der Waals surface area contributed by atoms with Crippen LogP contribution in [-0.4, -0.2) is 136 Å². The number of ketones is 1. The SMILES string of the molecule is COC(=O)c1nc(-c2ccc3nccn3c2)c(-c2ncco2)nc1N.COC(=O)c1nc(Cl)c(-c2ncco2)nc1N.Nc1nc(-c2ncco2)c(-c2ccc3nccn3c2)nc1C(=O)CCc1cscn1.Nc1nc(-c2ncco2)c(-c2ccc3nccn3c2)nc1C(=O)O. The van der Waals surface area contributed by atoms with Gasteiger partial charge in [0.05, 0.1) is 50.2 Å². The number of carboxylic acids is 1. The quantitative estimate of drug-likeness (QED) is 0.0508. The summed E-state index contributed by atoms with van der Waals surface area (Å²) in [5, 5.41) is 11.1. The van der Waals surface area contributed by atoms with E-state index >= 15 is 0 Å². The molecule has 34 nitrogen and oxygen atoms in total. The topological polar surface area (TPSA) is 483 Å². The van der Waals surface area contributed by atoms with Gasteiger partial charge in [-0.25, -0.2) is 94.1 Å². The van der Waals surface area contributed by atoms with E-state index in [0.29, 0.717) is 46.0 Å². The summed E-state index contributed by atoms with van der Waals surface area (Å²) < 4.78 is 35.7. The van der Waals surface area contributed by atoms with Crippen molar-refractivity contribution < 1.29 is 51.4 Å². The van der Waals surface area contributed by atoms with Gasteiger partial charge in [0.15, 0.2) is 74.1 Å². The number of esters is 2. The van der Waals surface area contributed by atoms with Gasteiger partial charge in [0.2, 0.25) is 23.6 Å². The third-order valence-corrected chi connectivity index (χ3v) is 14.4. The Bertz CT molecular complexity index is 5300. The van der Waals surface area contributed by atoms with E-state index in [9.17, 15) is 24.3 Å². The molecule has 0 fully saturated rings. The van der Waals surface area contributed by atoms with Crippen molar-refractivity contribution in [1.29, 1.82) is 0 Å². The Morgan fingerprint density at radius 3 is 1.23 bits per heavy atom. The molecule has 15 heterocycles. The minimum atomic E-state index is -1.26. The summed E-state index contributed by atoms with van der Waals surface area (Å²) in [6.45, 7) is 0. The van der Waals surface area contributed by atoms with Crippen LogP contribution in [0.25, 0.3) is 97.1 Å². The molecule has 0 aliphatic rings. The van der Waals surface area contributed by atoms with Gasteiger partial charge in [0.25, 0.3) is 0 Å². The van der Waals surface area contributed by atoms with Crippen LogP contribution in [0.2, 0.25) is 5.15 Å². The van der Waals surface area contributed by atoms with E-state index in [2.05, 4.69) is 84.5 Å². The first-order valence-electron chi connectivity index (χ1n) is 27.7. The number of aryl methyl sites for hydroxylation is 1. The molecule has 0 bridgehead atoms. The average molecular weight is 1330 g/mol. The molecule has 0 aliphatic heterocycles. The second kappa shape index (κ2) is 27.5. The van der Waals surface area contributed by atoms with Gasteiger partial charge in [-0.2, -0.15) is 0 Å². The van der Waals surface area contributed by atoms with E-state index in [1.54, 1.807) is 59.2 Å². The van der Waals surface area contributed by atoms with Gasteiger partial charge >= 0.3 is 17.9 Å². The number of fused-ring (bicyclic) bond motifs is 3. The fourth-order valence-electron chi connectivity index (χ4n) is 9.08. The molecule has 15 aromatic heterocycles. The predicted octanol–water partition coefficient (Wildman–Crippen LogP) is 8.00. The number of pyridine rings is 3. The smallest absolute Gasteiger partial charge is 0.360 e. The fourth-order valence-corrected chi connectivity index (χ4v) is 9.88. The second-order valence-electron chi connectivity index (χ2n) is 19.4. The number of carboxylic acid groups (broad SMARTS) is 1. The number of aromatic carboxylic acids is 1. The first-order chi connectivity index (χ1) is 46.6. The van der Waals surface area contributed by atoms with Crippen molar-refractivity contribution in [1.82, 2.24) is 92.9 Å². The standard InChI is InChI=1S/C20H15N7O2S.C16H12N6O3.C15H10N6O3.C9H7ClN4O3/c21-19-17(14(28)3-2-13-10-30-11-24-13)25-16(18(26-19)20-23-6-8-29-20)12-1-4-15-22-5-7-27(15)9-12;1-24-16(23)13-14(17)21-12(15-19-5-7-25-15)11(20-13)9-2-3-10-18-4-6-22(10)8-9;16-13-12(15(22)23)19-10(11(20-13)14-18-4-6-24-14)8-1-2-9-17-3-5-21(9)7-8;1-16-9(15)5-7(11)14-4(6(10)13-5)8-12-2-3-17-8/h1,4-11H,2-3H2,(H2,21,26);2-8H,1H3,(H2,17,21);1-7H,(H2,16,20)(H,22,23);2-3H,1H3,(H2,11,14). The third-order valence-electron chi connectivity index (χ3n) is 13.5. The van der Waals surface area contributed by atoms with Gasteiger partial charge in [-0.15, -0.1) is 11.3 Å². The first-order valence-corrected chi connectivity index (χ1v) is 29.0. The number of hydrogen-bond donors (Lipinski definition) is 5. The molecular weight excluding hydrogens is 1290 g/mol. The van der Waals surface area contributed by atoms with Crippen molar-refractivity contribution >= 4 is 86.8 Å². The maximum Gasteiger partial charge on any atom is 0.360 e. The Labute approximate surface area is 545 Å². The summed E-state index contributed by atoms with van der Waals surface area (Å²) in [5.74, 6) is -2.28. The number of oxazole rings is 4. The molecule has 478 valence electrons. The van der Waals surface area contributed by atoms with E-state index in [1.165, 1.54) is 75.4 Å². The maximum absolute atomic E-state index is 12.9. The van der Waals surface area contributed by atoms with Crippen LogP contribution in [0.4, 0.5) is 23.3 Å². The minimum Gasteiger partial charge on any atom is -0.476 e. The Morgan fingerprint density at radius 2 is 0.844 bits per heavy atom. The molecule has 0 atom stereocenters. The number of hydrogen-bond acceptors (Lipinski definition) is 31. The first kappa shape index (κ1) is 62.6. The Hall–Kier alpha value is -13.6. The number of carbonyl (C=O) groups is 4. The highest BCUT2D eigenvalue weighted by Gasteiger charge is 2.27.